The highest BCUT2D eigenvalue weighted by atomic mass is 35.5. The van der Waals surface area contributed by atoms with E-state index in [1.165, 1.54) is 19.3 Å². The van der Waals surface area contributed by atoms with Gasteiger partial charge in [-0.25, -0.2) is 4.98 Å². The first kappa shape index (κ1) is 11.3. The van der Waals surface area contributed by atoms with E-state index < -0.39 is 0 Å². The van der Waals surface area contributed by atoms with Crippen molar-refractivity contribution in [2.24, 2.45) is 0 Å². The van der Waals surface area contributed by atoms with E-state index in [2.05, 4.69) is 24.1 Å². The molecule has 78 valence electrons. The van der Waals surface area contributed by atoms with Crippen molar-refractivity contribution in [1.82, 2.24) is 4.98 Å². The van der Waals surface area contributed by atoms with E-state index in [9.17, 15) is 0 Å². The van der Waals surface area contributed by atoms with E-state index >= 15 is 0 Å². The van der Waals surface area contributed by atoms with Gasteiger partial charge in [0, 0.05) is 12.2 Å². The highest BCUT2D eigenvalue weighted by Gasteiger charge is 2.01. The van der Waals surface area contributed by atoms with Crippen LogP contribution >= 0.6 is 11.6 Å². The zero-order valence-corrected chi connectivity index (χ0v) is 9.51. The molecule has 0 aliphatic heterocycles. The van der Waals surface area contributed by atoms with Crippen LogP contribution in [0.5, 0.6) is 0 Å². The first-order valence-corrected chi connectivity index (χ1v) is 5.48. The van der Waals surface area contributed by atoms with E-state index in [1.807, 2.05) is 12.1 Å². The zero-order chi connectivity index (χ0) is 10.4. The smallest absolute Gasteiger partial charge is 0.126 e. The molecule has 0 saturated heterocycles. The number of nitrogens with zero attached hydrogens (tertiary/aromatic N) is 1. The lowest BCUT2D eigenvalue weighted by Crippen LogP contribution is -2.15. The Labute approximate surface area is 90.7 Å². The maximum Gasteiger partial charge on any atom is 0.126 e. The lowest BCUT2D eigenvalue weighted by molar-refractivity contribution is 0.643. The predicted molar refractivity (Wildman–Crippen MR) is 61.9 cm³/mol. The van der Waals surface area contributed by atoms with Crippen molar-refractivity contribution in [3.63, 3.8) is 0 Å². The summed E-state index contributed by atoms with van der Waals surface area (Å²) in [5.41, 5.74) is 0. The third-order valence-corrected chi connectivity index (χ3v) is 2.34. The molecule has 1 rings (SSSR count). The Hall–Kier alpha value is -0.760. The maximum absolute atomic E-state index is 5.74. The van der Waals surface area contributed by atoms with Crippen LogP contribution in [-0.2, 0) is 0 Å². The molecule has 0 aliphatic carbocycles. The van der Waals surface area contributed by atoms with Crippen LogP contribution in [0.15, 0.2) is 18.3 Å². The van der Waals surface area contributed by atoms with Gasteiger partial charge in [-0.1, -0.05) is 31.4 Å². The van der Waals surface area contributed by atoms with Gasteiger partial charge in [-0.3, -0.25) is 0 Å². The Kier molecular flexibility index (Phi) is 4.74. The van der Waals surface area contributed by atoms with Crippen LogP contribution in [0.25, 0.3) is 0 Å². The van der Waals surface area contributed by atoms with Gasteiger partial charge in [0.25, 0.3) is 0 Å². The predicted octanol–water partition coefficient (Wildman–Crippen LogP) is 3.73. The Morgan fingerprint density at radius 2 is 2.29 bits per heavy atom. The highest BCUT2D eigenvalue weighted by Crippen LogP contribution is 2.12. The second-order valence-corrected chi connectivity index (χ2v) is 3.99. The molecular weight excluding hydrogens is 196 g/mol. The van der Waals surface area contributed by atoms with E-state index in [0.29, 0.717) is 11.1 Å². The van der Waals surface area contributed by atoms with Crippen LogP contribution in [0.4, 0.5) is 5.82 Å². The summed E-state index contributed by atoms with van der Waals surface area (Å²) in [6.45, 7) is 4.37. The minimum absolute atomic E-state index is 0.476. The highest BCUT2D eigenvalue weighted by molar-refractivity contribution is 6.30. The van der Waals surface area contributed by atoms with Crippen molar-refractivity contribution >= 4 is 17.4 Å². The molecule has 0 radical (unpaired) electrons. The van der Waals surface area contributed by atoms with Gasteiger partial charge in [0.2, 0.25) is 0 Å². The van der Waals surface area contributed by atoms with Gasteiger partial charge in [0.05, 0.1) is 5.02 Å². The lowest BCUT2D eigenvalue weighted by Gasteiger charge is -2.13. The maximum atomic E-state index is 5.74. The fourth-order valence-electron chi connectivity index (χ4n) is 1.30. The van der Waals surface area contributed by atoms with Gasteiger partial charge in [0.15, 0.2) is 0 Å². The third-order valence-electron chi connectivity index (χ3n) is 2.11. The minimum atomic E-state index is 0.476. The fraction of sp³-hybridized carbons (Fsp3) is 0.545. The van der Waals surface area contributed by atoms with E-state index in [4.69, 9.17) is 11.6 Å². The number of anilines is 1. The summed E-state index contributed by atoms with van der Waals surface area (Å²) < 4.78 is 0. The second kappa shape index (κ2) is 5.86. The average Bonchev–Trinajstić information content (AvgIpc) is 2.18. The number of halogens is 1. The number of pyridine rings is 1. The van der Waals surface area contributed by atoms with Crippen LogP contribution in [0, 0.1) is 0 Å². The Bertz CT molecular complexity index is 258. The molecule has 0 spiro atoms. The molecule has 1 heterocycles. The topological polar surface area (TPSA) is 24.9 Å². The monoisotopic (exact) mass is 212 g/mol. The first-order valence-electron chi connectivity index (χ1n) is 5.10. The largest absolute Gasteiger partial charge is 0.368 e. The fourth-order valence-corrected chi connectivity index (χ4v) is 1.41. The van der Waals surface area contributed by atoms with Crippen LogP contribution in [0.2, 0.25) is 5.02 Å². The van der Waals surface area contributed by atoms with Gasteiger partial charge in [-0.2, -0.15) is 0 Å². The summed E-state index contributed by atoms with van der Waals surface area (Å²) in [4.78, 5) is 4.18. The molecule has 0 fully saturated rings. The minimum Gasteiger partial charge on any atom is -0.368 e. The summed E-state index contributed by atoms with van der Waals surface area (Å²) >= 11 is 5.74. The molecule has 1 aromatic rings. The zero-order valence-electron chi connectivity index (χ0n) is 8.76. The molecule has 2 nitrogen and oxygen atoms in total. The molecule has 0 amide bonds. The summed E-state index contributed by atoms with van der Waals surface area (Å²) in [5.74, 6) is 0.901. The lowest BCUT2D eigenvalue weighted by atomic mass is 10.1. The Morgan fingerprint density at radius 3 is 2.86 bits per heavy atom. The summed E-state index contributed by atoms with van der Waals surface area (Å²) in [7, 11) is 0. The number of hydrogen-bond donors (Lipinski definition) is 1. The molecular formula is C11H17ClN2. The number of rotatable bonds is 5. The van der Waals surface area contributed by atoms with Crippen molar-refractivity contribution in [3.05, 3.63) is 23.4 Å². The Morgan fingerprint density at radius 1 is 1.50 bits per heavy atom. The molecule has 1 N–H and O–H groups in total. The first-order chi connectivity index (χ1) is 6.72. The molecule has 0 bridgehead atoms. The van der Waals surface area contributed by atoms with Gasteiger partial charge in [0.1, 0.15) is 5.82 Å². The molecule has 0 aliphatic rings. The summed E-state index contributed by atoms with van der Waals surface area (Å²) in [6.07, 6.45) is 5.33. The summed E-state index contributed by atoms with van der Waals surface area (Å²) in [6, 6.07) is 4.23. The number of nitrogens with one attached hydrogen (secondary N) is 1. The molecule has 1 atom stereocenters. The molecule has 14 heavy (non-hydrogen) atoms. The number of aromatic nitrogens is 1. The Balaban J connectivity index is 2.39. The van der Waals surface area contributed by atoms with E-state index in [-0.39, 0.29) is 0 Å². The van der Waals surface area contributed by atoms with Crippen molar-refractivity contribution in [2.45, 2.75) is 39.2 Å². The van der Waals surface area contributed by atoms with Crippen molar-refractivity contribution < 1.29 is 0 Å². The van der Waals surface area contributed by atoms with Crippen LogP contribution < -0.4 is 5.32 Å². The van der Waals surface area contributed by atoms with Gasteiger partial charge in [-0.05, 0) is 25.5 Å². The normalized spacial score (nSPS) is 12.5. The van der Waals surface area contributed by atoms with Gasteiger partial charge >= 0.3 is 0 Å². The van der Waals surface area contributed by atoms with Crippen molar-refractivity contribution in [3.8, 4) is 0 Å². The summed E-state index contributed by atoms with van der Waals surface area (Å²) in [5, 5.41) is 4.01. The van der Waals surface area contributed by atoms with Crippen LogP contribution in [0.3, 0.4) is 0 Å². The van der Waals surface area contributed by atoms with Crippen molar-refractivity contribution in [2.75, 3.05) is 5.32 Å². The SMILES string of the molecule is CCCCC(C)Nc1ccc(Cl)cn1. The average molecular weight is 213 g/mol. The standard InChI is InChI=1S/C11H17ClN2/c1-3-4-5-9(2)14-11-7-6-10(12)8-13-11/h6-9H,3-5H2,1-2H3,(H,13,14). The molecule has 1 aromatic heterocycles. The van der Waals surface area contributed by atoms with Crippen LogP contribution in [0.1, 0.15) is 33.1 Å². The number of hydrogen-bond acceptors (Lipinski definition) is 2. The molecule has 0 saturated carbocycles. The van der Waals surface area contributed by atoms with Crippen LogP contribution in [-0.4, -0.2) is 11.0 Å². The molecule has 0 aromatic carbocycles. The van der Waals surface area contributed by atoms with Gasteiger partial charge < -0.3 is 5.32 Å². The molecule has 3 heteroatoms. The van der Waals surface area contributed by atoms with Crippen molar-refractivity contribution in [1.29, 1.82) is 0 Å². The quantitative estimate of drug-likeness (QED) is 0.805. The second-order valence-electron chi connectivity index (χ2n) is 3.55. The molecule has 1 unspecified atom stereocenters. The van der Waals surface area contributed by atoms with Gasteiger partial charge in [-0.15, -0.1) is 0 Å². The van der Waals surface area contributed by atoms with E-state index in [0.717, 1.165) is 5.82 Å². The van der Waals surface area contributed by atoms with E-state index in [1.54, 1.807) is 6.20 Å². The third kappa shape index (κ3) is 3.97. The number of unbranched alkanes of at least 4 members (excludes halogenated alkanes) is 1.